The van der Waals surface area contributed by atoms with Crippen LogP contribution in [0.25, 0.3) is 11.3 Å². The van der Waals surface area contributed by atoms with Crippen LogP contribution in [0.4, 0.5) is 17.3 Å². The number of hydrogen-bond donors (Lipinski definition) is 4. The van der Waals surface area contributed by atoms with Gasteiger partial charge in [-0.2, -0.15) is 10.4 Å². The lowest BCUT2D eigenvalue weighted by atomic mass is 9.82. The fourth-order valence-electron chi connectivity index (χ4n) is 4.41. The van der Waals surface area contributed by atoms with E-state index in [4.69, 9.17) is 26.5 Å². The lowest BCUT2D eigenvalue weighted by Crippen LogP contribution is -2.34. The largest absolute Gasteiger partial charge is 0.381 e. The summed E-state index contributed by atoms with van der Waals surface area (Å²) >= 11 is 6.50. The Bertz CT molecular complexity index is 1530. The number of carbonyl (C=O) groups is 1. The first kappa shape index (κ1) is 27.1. The van der Waals surface area contributed by atoms with E-state index in [1.54, 1.807) is 46.8 Å². The van der Waals surface area contributed by atoms with Crippen LogP contribution < -0.4 is 16.1 Å². The van der Waals surface area contributed by atoms with Gasteiger partial charge in [0.05, 0.1) is 40.6 Å². The first-order chi connectivity index (χ1) is 19.5. The molecule has 0 bridgehead atoms. The molecule has 0 atom stereocenters. The van der Waals surface area contributed by atoms with Crippen molar-refractivity contribution in [3.8, 4) is 17.3 Å². The summed E-state index contributed by atoms with van der Waals surface area (Å²) in [5.74, 6) is 0.670. The van der Waals surface area contributed by atoms with Gasteiger partial charge < -0.3 is 15.4 Å². The maximum Gasteiger partial charge on any atom is 0.274 e. The number of amides is 1. The molecule has 4 N–H and O–H groups in total. The second-order valence-electron chi connectivity index (χ2n) is 9.50. The van der Waals surface area contributed by atoms with Gasteiger partial charge in [-0.3, -0.25) is 14.7 Å². The molecule has 40 heavy (non-hydrogen) atoms. The van der Waals surface area contributed by atoms with Crippen molar-refractivity contribution in [2.24, 2.45) is 5.41 Å². The van der Waals surface area contributed by atoms with E-state index in [0.717, 1.165) is 11.3 Å². The summed E-state index contributed by atoms with van der Waals surface area (Å²) in [6.45, 7) is 2.16. The number of nitrogens with one attached hydrogen (secondary N) is 3. The lowest BCUT2D eigenvalue weighted by Gasteiger charge is -2.30. The molecule has 3 aromatic heterocycles. The summed E-state index contributed by atoms with van der Waals surface area (Å²) in [6, 6.07) is 16.8. The van der Waals surface area contributed by atoms with Crippen LogP contribution in [0.1, 0.15) is 28.8 Å². The van der Waals surface area contributed by atoms with Crippen molar-refractivity contribution in [3.05, 3.63) is 83.3 Å². The second-order valence-corrected chi connectivity index (χ2v) is 9.91. The minimum Gasteiger partial charge on any atom is -0.381 e. The fourth-order valence-corrected chi connectivity index (χ4v) is 4.61. The molecule has 4 heterocycles. The summed E-state index contributed by atoms with van der Waals surface area (Å²) < 4.78 is 7.17. The molecule has 1 aromatic carbocycles. The zero-order chi connectivity index (χ0) is 28.0. The van der Waals surface area contributed by atoms with Crippen LogP contribution in [-0.4, -0.2) is 50.6 Å². The van der Waals surface area contributed by atoms with Crippen LogP contribution in [0, 0.1) is 16.7 Å². The third-order valence-electron chi connectivity index (χ3n) is 6.74. The Labute approximate surface area is 235 Å². The van der Waals surface area contributed by atoms with E-state index < -0.39 is 11.3 Å². The van der Waals surface area contributed by atoms with Gasteiger partial charge in [-0.25, -0.2) is 15.4 Å². The summed E-state index contributed by atoms with van der Waals surface area (Å²) in [5.41, 5.74) is 4.57. The van der Waals surface area contributed by atoms with Crippen LogP contribution in [-0.2, 0) is 11.3 Å². The zero-order valence-corrected chi connectivity index (χ0v) is 22.2. The molecule has 12 heteroatoms. The highest BCUT2D eigenvalue weighted by Gasteiger charge is 2.32. The van der Waals surface area contributed by atoms with Gasteiger partial charge in [0.1, 0.15) is 11.6 Å². The van der Waals surface area contributed by atoms with Crippen molar-refractivity contribution >= 4 is 34.8 Å². The highest BCUT2D eigenvalue weighted by Crippen LogP contribution is 2.32. The number of nitrogens with zero attached hydrogens (tertiary/aromatic N) is 5. The van der Waals surface area contributed by atoms with Crippen LogP contribution >= 0.6 is 11.6 Å². The second kappa shape index (κ2) is 12.1. The van der Waals surface area contributed by atoms with E-state index in [1.807, 2.05) is 30.5 Å². The average molecular weight is 559 g/mol. The Hall–Kier alpha value is -4.50. The van der Waals surface area contributed by atoms with Gasteiger partial charge in [0.15, 0.2) is 0 Å². The number of ether oxygens (including phenoxy) is 1. The van der Waals surface area contributed by atoms with Gasteiger partial charge in [0.25, 0.3) is 5.91 Å². The molecule has 1 aliphatic heterocycles. The first-order valence-corrected chi connectivity index (χ1v) is 13.0. The molecule has 1 amide bonds. The van der Waals surface area contributed by atoms with Gasteiger partial charge >= 0.3 is 0 Å². The predicted molar refractivity (Wildman–Crippen MR) is 149 cm³/mol. The number of hydrogen-bond acceptors (Lipinski definition) is 9. The molecule has 0 spiro atoms. The van der Waals surface area contributed by atoms with Gasteiger partial charge in [0, 0.05) is 43.3 Å². The van der Waals surface area contributed by atoms with Crippen LogP contribution in [0.15, 0.2) is 67.1 Å². The predicted octanol–water partition coefficient (Wildman–Crippen LogP) is 4.64. The third kappa shape index (κ3) is 6.38. The molecule has 0 unspecified atom stereocenters. The maximum absolute atomic E-state index is 11.5. The smallest absolute Gasteiger partial charge is 0.274 e. The number of benzene rings is 1. The highest BCUT2D eigenvalue weighted by molar-refractivity contribution is 6.33. The Kier molecular flexibility index (Phi) is 8.21. The molecule has 1 saturated heterocycles. The summed E-state index contributed by atoms with van der Waals surface area (Å²) in [4.78, 5) is 20.6. The molecule has 1 aliphatic rings. The number of halogens is 1. The zero-order valence-electron chi connectivity index (χ0n) is 21.5. The van der Waals surface area contributed by atoms with Crippen molar-refractivity contribution in [2.45, 2.75) is 19.4 Å². The molecular formula is C28H27ClN8O3. The van der Waals surface area contributed by atoms with E-state index in [0.29, 0.717) is 72.6 Å². The Morgan fingerprint density at radius 3 is 2.70 bits per heavy atom. The van der Waals surface area contributed by atoms with Crippen molar-refractivity contribution < 1.29 is 14.7 Å². The average Bonchev–Trinajstić information content (AvgIpc) is 3.44. The first-order valence-electron chi connectivity index (χ1n) is 12.7. The number of anilines is 3. The van der Waals surface area contributed by atoms with Crippen molar-refractivity contribution in [1.82, 2.24) is 25.2 Å². The number of nitriles is 1. The Balaban J connectivity index is 1.26. The lowest BCUT2D eigenvalue weighted by molar-refractivity contribution is 0.0455. The molecular weight excluding hydrogens is 532 g/mol. The Morgan fingerprint density at radius 1 is 1.15 bits per heavy atom. The number of carbonyl (C=O) groups excluding carboxylic acids is 1. The number of pyridine rings is 2. The molecule has 0 saturated carbocycles. The van der Waals surface area contributed by atoms with E-state index in [9.17, 15) is 10.1 Å². The minimum atomic E-state index is -0.562. The quantitative estimate of drug-likeness (QED) is 0.170. The van der Waals surface area contributed by atoms with Crippen LogP contribution in [0.2, 0.25) is 5.02 Å². The molecule has 4 aromatic rings. The van der Waals surface area contributed by atoms with Gasteiger partial charge in [-0.1, -0.05) is 29.8 Å². The number of aromatic nitrogens is 4. The summed E-state index contributed by atoms with van der Waals surface area (Å²) in [5, 5.41) is 29.9. The van der Waals surface area contributed by atoms with E-state index >= 15 is 0 Å². The molecule has 0 radical (unpaired) electrons. The van der Waals surface area contributed by atoms with Crippen molar-refractivity contribution in [3.63, 3.8) is 0 Å². The van der Waals surface area contributed by atoms with E-state index in [-0.39, 0.29) is 0 Å². The molecule has 11 nitrogen and oxygen atoms in total. The SMILES string of the molecule is N#CC1(CNc2cccc(-c3cc(Nc4cnn(Cc5ccc(C(=O)NO)cc5)c4)ncc3Cl)n2)CCOCC1. The number of hydroxylamine groups is 1. The molecule has 0 aliphatic carbocycles. The fraction of sp³-hybridized carbons (Fsp3) is 0.250. The molecule has 204 valence electrons. The van der Waals surface area contributed by atoms with Crippen molar-refractivity contribution in [1.29, 1.82) is 5.26 Å². The van der Waals surface area contributed by atoms with Gasteiger partial charge in [0.2, 0.25) is 0 Å². The molecule has 5 rings (SSSR count). The Morgan fingerprint density at radius 2 is 1.95 bits per heavy atom. The van der Waals surface area contributed by atoms with Crippen molar-refractivity contribution in [2.75, 3.05) is 30.4 Å². The molecule has 1 fully saturated rings. The summed E-state index contributed by atoms with van der Waals surface area (Å²) in [6.07, 6.45) is 6.48. The minimum absolute atomic E-state index is 0.361. The third-order valence-corrected chi connectivity index (χ3v) is 7.04. The standard InChI is InChI=1S/C28H27ClN8O3/c29-23-14-31-26(34-21-13-33-37(16-21)15-19-4-6-20(7-5-19)27(38)36-39)12-22(23)24-2-1-3-25(35-24)32-18-28(17-30)8-10-40-11-9-28/h1-7,12-14,16,39H,8-11,15,18H2,(H,31,34)(H,32,35)(H,36,38). The maximum atomic E-state index is 11.5. The van der Waals surface area contributed by atoms with Gasteiger partial charge in [-0.15, -0.1) is 0 Å². The van der Waals surface area contributed by atoms with Gasteiger partial charge in [-0.05, 0) is 48.7 Å². The van der Waals surface area contributed by atoms with Crippen LogP contribution in [0.5, 0.6) is 0 Å². The topological polar surface area (TPSA) is 150 Å². The van der Waals surface area contributed by atoms with E-state index in [1.165, 1.54) is 0 Å². The van der Waals surface area contributed by atoms with Crippen LogP contribution in [0.3, 0.4) is 0 Å². The highest BCUT2D eigenvalue weighted by atomic mass is 35.5. The monoisotopic (exact) mass is 558 g/mol. The van der Waals surface area contributed by atoms with E-state index in [2.05, 4.69) is 26.8 Å². The normalized spacial score (nSPS) is 14.2. The summed E-state index contributed by atoms with van der Waals surface area (Å²) in [7, 11) is 0. The number of rotatable bonds is 9.